The maximum atomic E-state index is 11.7. The van der Waals surface area contributed by atoms with Crippen LogP contribution in [-0.4, -0.2) is 28.9 Å². The van der Waals surface area contributed by atoms with Crippen molar-refractivity contribution in [1.82, 2.24) is 10.2 Å². The molecule has 0 aromatic carbocycles. The number of unbranched alkanes of at least 4 members (excludes halogenated alkanes) is 5. The molecule has 1 atom stereocenters. The van der Waals surface area contributed by atoms with Crippen LogP contribution in [0.3, 0.4) is 0 Å². The molecule has 18 heavy (non-hydrogen) atoms. The second-order valence-corrected chi connectivity index (χ2v) is 5.31. The first-order valence-corrected chi connectivity index (χ1v) is 7.19. The summed E-state index contributed by atoms with van der Waals surface area (Å²) in [6.45, 7) is 6.69. The Kier molecular flexibility index (Phi) is 5.63. The Morgan fingerprint density at radius 1 is 1.06 bits per heavy atom. The predicted octanol–water partition coefficient (Wildman–Crippen LogP) is 3.07. The molecule has 1 rings (SSSR count). The zero-order valence-corrected chi connectivity index (χ0v) is 11.9. The molecule has 0 aromatic heterocycles. The summed E-state index contributed by atoms with van der Waals surface area (Å²) in [6, 6.07) is -0.224. The van der Waals surface area contributed by atoms with E-state index >= 15 is 0 Å². The Morgan fingerprint density at radius 2 is 1.67 bits per heavy atom. The lowest BCUT2D eigenvalue weighted by atomic mass is 9.97. The molecule has 0 saturated carbocycles. The number of carbonyl (C=O) groups is 2. The summed E-state index contributed by atoms with van der Waals surface area (Å²) >= 11 is 0. The van der Waals surface area contributed by atoms with Crippen molar-refractivity contribution in [3.8, 4) is 0 Å². The highest BCUT2D eigenvalue weighted by atomic mass is 16.2. The number of rotatable bonds is 8. The molecule has 1 saturated heterocycles. The topological polar surface area (TPSA) is 49.4 Å². The van der Waals surface area contributed by atoms with Gasteiger partial charge in [0.2, 0.25) is 0 Å². The average Bonchev–Trinajstić information content (AvgIpc) is 2.57. The number of imide groups is 1. The number of carbonyl (C=O) groups excluding carboxylic acids is 2. The summed E-state index contributed by atoms with van der Waals surface area (Å²) in [6.07, 6.45) is 7.82. The van der Waals surface area contributed by atoms with E-state index < -0.39 is 5.54 Å². The summed E-state index contributed by atoms with van der Waals surface area (Å²) in [5.41, 5.74) is -0.638. The van der Waals surface area contributed by atoms with Crippen LogP contribution in [0.2, 0.25) is 0 Å². The SMILES string of the molecule is CCCCCCCCN1C(=O)NC(=O)C1(C)CC. The van der Waals surface area contributed by atoms with E-state index in [1.165, 1.54) is 25.7 Å². The number of hydrogen-bond acceptors (Lipinski definition) is 2. The van der Waals surface area contributed by atoms with Gasteiger partial charge in [-0.1, -0.05) is 46.0 Å². The van der Waals surface area contributed by atoms with Crippen LogP contribution >= 0.6 is 0 Å². The van der Waals surface area contributed by atoms with Crippen LogP contribution in [-0.2, 0) is 4.79 Å². The minimum atomic E-state index is -0.638. The fourth-order valence-electron chi connectivity index (χ4n) is 2.40. The van der Waals surface area contributed by atoms with E-state index in [1.807, 2.05) is 13.8 Å². The first-order chi connectivity index (χ1) is 8.56. The van der Waals surface area contributed by atoms with E-state index in [0.717, 1.165) is 12.8 Å². The number of nitrogens with one attached hydrogen (secondary N) is 1. The normalized spacial score (nSPS) is 23.6. The number of nitrogens with zero attached hydrogens (tertiary/aromatic N) is 1. The minimum Gasteiger partial charge on any atom is -0.310 e. The standard InChI is InChI=1S/C14H26N2O2/c1-4-6-7-8-9-10-11-16-13(18)15-12(17)14(16,3)5-2/h4-11H2,1-3H3,(H,15,17,18). The molecular weight excluding hydrogens is 228 g/mol. The molecule has 0 aromatic rings. The van der Waals surface area contributed by atoms with Crippen molar-refractivity contribution < 1.29 is 9.59 Å². The van der Waals surface area contributed by atoms with Crippen LogP contribution in [0.4, 0.5) is 4.79 Å². The van der Waals surface area contributed by atoms with Gasteiger partial charge in [-0.2, -0.15) is 0 Å². The first kappa shape index (κ1) is 15.0. The van der Waals surface area contributed by atoms with Gasteiger partial charge in [0.1, 0.15) is 5.54 Å². The monoisotopic (exact) mass is 254 g/mol. The van der Waals surface area contributed by atoms with Gasteiger partial charge in [-0.25, -0.2) is 4.79 Å². The van der Waals surface area contributed by atoms with Crippen molar-refractivity contribution in [2.45, 2.75) is 71.3 Å². The summed E-state index contributed by atoms with van der Waals surface area (Å²) < 4.78 is 0. The molecule has 4 nitrogen and oxygen atoms in total. The molecule has 1 unspecified atom stereocenters. The second-order valence-electron chi connectivity index (χ2n) is 5.31. The molecule has 3 amide bonds. The molecule has 1 heterocycles. The van der Waals surface area contributed by atoms with Gasteiger partial charge in [-0.15, -0.1) is 0 Å². The van der Waals surface area contributed by atoms with Gasteiger partial charge in [0.15, 0.2) is 0 Å². The molecule has 0 aliphatic carbocycles. The maximum absolute atomic E-state index is 11.7. The molecule has 4 heteroatoms. The van der Waals surface area contributed by atoms with Crippen LogP contribution in [0.5, 0.6) is 0 Å². The van der Waals surface area contributed by atoms with Gasteiger partial charge in [0.25, 0.3) is 5.91 Å². The fourth-order valence-corrected chi connectivity index (χ4v) is 2.40. The minimum absolute atomic E-state index is 0.152. The highest BCUT2D eigenvalue weighted by molar-refractivity contribution is 6.06. The average molecular weight is 254 g/mol. The maximum Gasteiger partial charge on any atom is 0.325 e. The van der Waals surface area contributed by atoms with Crippen LogP contribution in [0.25, 0.3) is 0 Å². The van der Waals surface area contributed by atoms with Crippen molar-refractivity contribution in [1.29, 1.82) is 0 Å². The molecule has 1 fully saturated rings. The van der Waals surface area contributed by atoms with Gasteiger partial charge in [-0.05, 0) is 19.8 Å². The van der Waals surface area contributed by atoms with Crippen molar-refractivity contribution in [3.63, 3.8) is 0 Å². The van der Waals surface area contributed by atoms with E-state index in [2.05, 4.69) is 12.2 Å². The van der Waals surface area contributed by atoms with E-state index in [0.29, 0.717) is 13.0 Å². The Morgan fingerprint density at radius 3 is 2.28 bits per heavy atom. The van der Waals surface area contributed by atoms with E-state index in [-0.39, 0.29) is 11.9 Å². The summed E-state index contributed by atoms with van der Waals surface area (Å²) in [4.78, 5) is 25.2. The lowest BCUT2D eigenvalue weighted by Gasteiger charge is -2.30. The first-order valence-electron chi connectivity index (χ1n) is 7.19. The largest absolute Gasteiger partial charge is 0.325 e. The number of hydrogen-bond donors (Lipinski definition) is 1. The number of urea groups is 1. The van der Waals surface area contributed by atoms with E-state index in [4.69, 9.17) is 0 Å². The summed E-state index contributed by atoms with van der Waals surface area (Å²) in [5.74, 6) is -0.152. The predicted molar refractivity (Wildman–Crippen MR) is 72.3 cm³/mol. The van der Waals surface area contributed by atoms with Gasteiger partial charge in [0, 0.05) is 6.54 Å². The highest BCUT2D eigenvalue weighted by Gasteiger charge is 2.47. The Balaban J connectivity index is 2.36. The molecule has 1 aliphatic heterocycles. The Labute approximate surface area is 110 Å². The molecule has 104 valence electrons. The Hall–Kier alpha value is -1.06. The lowest BCUT2D eigenvalue weighted by Crippen LogP contribution is -2.46. The van der Waals surface area contributed by atoms with E-state index in [9.17, 15) is 9.59 Å². The van der Waals surface area contributed by atoms with Gasteiger partial charge < -0.3 is 4.90 Å². The molecule has 0 radical (unpaired) electrons. The molecule has 1 aliphatic rings. The van der Waals surface area contributed by atoms with Gasteiger partial charge in [-0.3, -0.25) is 10.1 Å². The molecule has 1 N–H and O–H groups in total. The van der Waals surface area contributed by atoms with Crippen LogP contribution < -0.4 is 5.32 Å². The third kappa shape index (κ3) is 3.24. The highest BCUT2D eigenvalue weighted by Crippen LogP contribution is 2.25. The van der Waals surface area contributed by atoms with Crippen LogP contribution in [0.1, 0.15) is 65.7 Å². The van der Waals surface area contributed by atoms with Crippen molar-refractivity contribution in [2.75, 3.05) is 6.54 Å². The Bertz CT molecular complexity index is 304. The summed E-state index contributed by atoms with van der Waals surface area (Å²) in [5, 5.41) is 2.42. The quantitative estimate of drug-likeness (QED) is 0.534. The zero-order chi connectivity index (χ0) is 13.6. The van der Waals surface area contributed by atoms with Gasteiger partial charge in [0.05, 0.1) is 0 Å². The third-order valence-corrected chi connectivity index (χ3v) is 3.97. The molecule has 0 spiro atoms. The van der Waals surface area contributed by atoms with Crippen molar-refractivity contribution in [3.05, 3.63) is 0 Å². The molecular formula is C14H26N2O2. The smallest absolute Gasteiger partial charge is 0.310 e. The molecule has 0 bridgehead atoms. The van der Waals surface area contributed by atoms with Crippen LogP contribution in [0, 0.1) is 0 Å². The van der Waals surface area contributed by atoms with Crippen LogP contribution in [0.15, 0.2) is 0 Å². The fraction of sp³-hybridized carbons (Fsp3) is 0.857. The third-order valence-electron chi connectivity index (χ3n) is 3.97. The van der Waals surface area contributed by atoms with Crippen molar-refractivity contribution >= 4 is 11.9 Å². The van der Waals surface area contributed by atoms with Gasteiger partial charge >= 0.3 is 6.03 Å². The zero-order valence-electron chi connectivity index (χ0n) is 11.9. The summed E-state index contributed by atoms with van der Waals surface area (Å²) in [7, 11) is 0. The second kappa shape index (κ2) is 6.76. The van der Waals surface area contributed by atoms with E-state index in [1.54, 1.807) is 4.90 Å². The lowest BCUT2D eigenvalue weighted by molar-refractivity contribution is -0.126. The van der Waals surface area contributed by atoms with Crippen molar-refractivity contribution in [2.24, 2.45) is 0 Å². The number of amides is 3.